The Morgan fingerprint density at radius 1 is 1.39 bits per heavy atom. The Bertz CT molecular complexity index is 465. The smallest absolute Gasteiger partial charge is 0.242 e. The summed E-state index contributed by atoms with van der Waals surface area (Å²) < 4.78 is 5.36. The molecular formula is C13H18N2O3. The molecule has 98 valence electrons. The Labute approximate surface area is 106 Å². The van der Waals surface area contributed by atoms with Crippen LogP contribution in [0.1, 0.15) is 30.2 Å². The molecular weight excluding hydrogens is 232 g/mol. The van der Waals surface area contributed by atoms with Gasteiger partial charge in [-0.05, 0) is 26.0 Å². The van der Waals surface area contributed by atoms with Crippen molar-refractivity contribution in [3.63, 3.8) is 0 Å². The highest BCUT2D eigenvalue weighted by Crippen LogP contribution is 2.24. The first-order chi connectivity index (χ1) is 8.45. The zero-order valence-electron chi connectivity index (χ0n) is 11.0. The first-order valence-corrected chi connectivity index (χ1v) is 5.99. The zero-order valence-corrected chi connectivity index (χ0v) is 11.0. The molecule has 0 N–H and O–H groups in total. The van der Waals surface area contributed by atoms with Gasteiger partial charge in [0.15, 0.2) is 12.0 Å². The van der Waals surface area contributed by atoms with E-state index >= 15 is 0 Å². The van der Waals surface area contributed by atoms with Crippen LogP contribution in [0.15, 0.2) is 16.5 Å². The summed E-state index contributed by atoms with van der Waals surface area (Å²) in [6.45, 7) is 5.87. The monoisotopic (exact) mass is 250 g/mol. The van der Waals surface area contributed by atoms with Gasteiger partial charge in [-0.15, -0.1) is 0 Å². The molecule has 0 bridgehead atoms. The molecule has 0 aromatic carbocycles. The van der Waals surface area contributed by atoms with Gasteiger partial charge in [-0.2, -0.15) is 0 Å². The van der Waals surface area contributed by atoms with E-state index in [1.54, 1.807) is 17.0 Å². The van der Waals surface area contributed by atoms with E-state index in [1.807, 2.05) is 20.9 Å². The highest BCUT2D eigenvalue weighted by Gasteiger charge is 2.40. The van der Waals surface area contributed by atoms with Gasteiger partial charge in [0, 0.05) is 20.1 Å². The minimum atomic E-state index is -0.541. The fraction of sp³-hybridized carbons (Fsp3) is 0.538. The minimum absolute atomic E-state index is 0.107. The molecule has 0 aliphatic carbocycles. The normalized spacial score (nSPS) is 20.2. The minimum Gasteiger partial charge on any atom is -0.457 e. The van der Waals surface area contributed by atoms with Gasteiger partial charge < -0.3 is 9.32 Å². The number of amides is 1. The van der Waals surface area contributed by atoms with Gasteiger partial charge in [0.2, 0.25) is 5.91 Å². The van der Waals surface area contributed by atoms with E-state index in [9.17, 15) is 9.59 Å². The van der Waals surface area contributed by atoms with Gasteiger partial charge in [0.1, 0.15) is 5.76 Å². The van der Waals surface area contributed by atoms with Crippen molar-refractivity contribution in [2.24, 2.45) is 0 Å². The van der Waals surface area contributed by atoms with E-state index in [0.29, 0.717) is 30.9 Å². The largest absolute Gasteiger partial charge is 0.457 e. The number of hydrogen-bond acceptors (Lipinski definition) is 4. The van der Waals surface area contributed by atoms with Crippen LogP contribution in [0.5, 0.6) is 0 Å². The number of piperazine rings is 1. The van der Waals surface area contributed by atoms with Crippen LogP contribution < -0.4 is 0 Å². The molecule has 1 saturated heterocycles. The quantitative estimate of drug-likeness (QED) is 0.755. The second-order valence-electron chi connectivity index (χ2n) is 5.13. The van der Waals surface area contributed by atoms with Crippen LogP contribution in [0, 0.1) is 0 Å². The molecule has 0 spiro atoms. The summed E-state index contributed by atoms with van der Waals surface area (Å²) in [7, 11) is 1.82. The maximum absolute atomic E-state index is 12.1. The molecule has 18 heavy (non-hydrogen) atoms. The molecule has 0 unspecified atom stereocenters. The SMILES string of the molecule is CN1CCN(Cc2ccc(C=O)o2)C(C)(C)C1=O. The fourth-order valence-electron chi connectivity index (χ4n) is 2.26. The first-order valence-electron chi connectivity index (χ1n) is 5.99. The Hall–Kier alpha value is -1.62. The van der Waals surface area contributed by atoms with Crippen LogP contribution in [0.3, 0.4) is 0 Å². The number of carbonyl (C=O) groups excluding carboxylic acids is 2. The number of furan rings is 1. The van der Waals surface area contributed by atoms with Crippen molar-refractivity contribution in [2.75, 3.05) is 20.1 Å². The van der Waals surface area contributed by atoms with Gasteiger partial charge in [-0.25, -0.2) is 0 Å². The van der Waals surface area contributed by atoms with E-state index in [2.05, 4.69) is 4.90 Å². The van der Waals surface area contributed by atoms with E-state index < -0.39 is 5.54 Å². The van der Waals surface area contributed by atoms with Crippen molar-refractivity contribution < 1.29 is 14.0 Å². The third-order valence-corrected chi connectivity index (χ3v) is 3.51. The van der Waals surface area contributed by atoms with Crippen molar-refractivity contribution in [1.29, 1.82) is 0 Å². The van der Waals surface area contributed by atoms with Crippen molar-refractivity contribution in [3.8, 4) is 0 Å². The summed E-state index contributed by atoms with van der Waals surface area (Å²) in [4.78, 5) is 26.5. The highest BCUT2D eigenvalue weighted by molar-refractivity contribution is 5.86. The van der Waals surface area contributed by atoms with Crippen molar-refractivity contribution >= 4 is 12.2 Å². The van der Waals surface area contributed by atoms with Crippen LogP contribution in [-0.2, 0) is 11.3 Å². The second kappa shape index (κ2) is 4.57. The topological polar surface area (TPSA) is 53.8 Å². The Morgan fingerprint density at radius 2 is 2.11 bits per heavy atom. The summed E-state index contributed by atoms with van der Waals surface area (Å²) in [5.41, 5.74) is -0.541. The van der Waals surface area contributed by atoms with E-state index in [-0.39, 0.29) is 5.91 Å². The number of nitrogens with zero attached hydrogens (tertiary/aromatic N) is 2. The molecule has 1 aliphatic heterocycles. The lowest BCUT2D eigenvalue weighted by Gasteiger charge is -2.44. The summed E-state index contributed by atoms with van der Waals surface area (Å²) in [6.07, 6.45) is 0.684. The Balaban J connectivity index is 2.13. The second-order valence-corrected chi connectivity index (χ2v) is 5.13. The number of rotatable bonds is 3. The molecule has 2 heterocycles. The van der Waals surface area contributed by atoms with Crippen LogP contribution in [-0.4, -0.2) is 47.7 Å². The average molecular weight is 250 g/mol. The molecule has 5 heteroatoms. The zero-order chi connectivity index (χ0) is 13.3. The predicted molar refractivity (Wildman–Crippen MR) is 66.2 cm³/mol. The van der Waals surface area contributed by atoms with Gasteiger partial charge in [0.25, 0.3) is 0 Å². The molecule has 2 rings (SSSR count). The molecule has 0 radical (unpaired) electrons. The van der Waals surface area contributed by atoms with Crippen molar-refractivity contribution in [2.45, 2.75) is 25.9 Å². The van der Waals surface area contributed by atoms with Crippen LogP contribution in [0.25, 0.3) is 0 Å². The van der Waals surface area contributed by atoms with Gasteiger partial charge in [0.05, 0.1) is 12.1 Å². The highest BCUT2D eigenvalue weighted by atomic mass is 16.3. The Morgan fingerprint density at radius 3 is 2.72 bits per heavy atom. The number of carbonyl (C=O) groups is 2. The molecule has 1 amide bonds. The third kappa shape index (κ3) is 2.18. The van der Waals surface area contributed by atoms with Gasteiger partial charge >= 0.3 is 0 Å². The number of hydrogen-bond donors (Lipinski definition) is 0. The van der Waals surface area contributed by atoms with Crippen molar-refractivity contribution in [3.05, 3.63) is 23.7 Å². The molecule has 0 saturated carbocycles. The molecule has 0 atom stereocenters. The number of likely N-dealkylation sites (N-methyl/N-ethyl adjacent to an activating group) is 1. The molecule has 1 aromatic heterocycles. The molecule has 5 nitrogen and oxygen atoms in total. The summed E-state index contributed by atoms with van der Waals surface area (Å²) in [5.74, 6) is 1.14. The maximum Gasteiger partial charge on any atom is 0.242 e. The predicted octanol–water partition coefficient (Wildman–Crippen LogP) is 1.14. The van der Waals surface area contributed by atoms with Crippen LogP contribution >= 0.6 is 0 Å². The van der Waals surface area contributed by atoms with Crippen LogP contribution in [0.2, 0.25) is 0 Å². The molecule has 1 aliphatic rings. The Kier molecular flexibility index (Phi) is 3.26. The van der Waals surface area contributed by atoms with Crippen molar-refractivity contribution in [1.82, 2.24) is 9.80 Å². The van der Waals surface area contributed by atoms with E-state index in [1.165, 1.54) is 0 Å². The van der Waals surface area contributed by atoms with E-state index in [4.69, 9.17) is 4.42 Å². The third-order valence-electron chi connectivity index (χ3n) is 3.51. The average Bonchev–Trinajstić information content (AvgIpc) is 2.78. The molecule has 1 aromatic rings. The summed E-state index contributed by atoms with van der Waals surface area (Å²) in [5, 5.41) is 0. The summed E-state index contributed by atoms with van der Waals surface area (Å²) in [6, 6.07) is 3.43. The summed E-state index contributed by atoms with van der Waals surface area (Å²) >= 11 is 0. The number of aldehydes is 1. The van der Waals surface area contributed by atoms with E-state index in [0.717, 1.165) is 6.54 Å². The lowest BCUT2D eigenvalue weighted by atomic mass is 9.97. The standard InChI is InChI=1S/C13H18N2O3/c1-13(2)12(17)14(3)6-7-15(13)8-10-4-5-11(9-16)18-10/h4-5,9H,6-8H2,1-3H3. The lowest BCUT2D eigenvalue weighted by molar-refractivity contribution is -0.147. The fourth-order valence-corrected chi connectivity index (χ4v) is 2.26. The van der Waals surface area contributed by atoms with Gasteiger partial charge in [-0.1, -0.05) is 0 Å². The lowest BCUT2D eigenvalue weighted by Crippen LogP contribution is -2.61. The maximum atomic E-state index is 12.1. The van der Waals surface area contributed by atoms with Gasteiger partial charge in [-0.3, -0.25) is 14.5 Å². The van der Waals surface area contributed by atoms with Crippen LogP contribution in [0.4, 0.5) is 0 Å². The first kappa shape index (κ1) is 12.8. The molecule has 1 fully saturated rings.